The van der Waals surface area contributed by atoms with Gasteiger partial charge in [-0.25, -0.2) is 0 Å². The fourth-order valence-corrected chi connectivity index (χ4v) is 3.38. The molecule has 2 rings (SSSR count). The van der Waals surface area contributed by atoms with Gasteiger partial charge in [0, 0.05) is 0 Å². The smallest absolute Gasteiger partial charge is 0.0149 e. The summed E-state index contributed by atoms with van der Waals surface area (Å²) in [4.78, 5) is 0. The van der Waals surface area contributed by atoms with Gasteiger partial charge < -0.3 is 0 Å². The van der Waals surface area contributed by atoms with Crippen molar-refractivity contribution in [3.8, 4) is 0 Å². The predicted octanol–water partition coefficient (Wildman–Crippen LogP) is 7.14. The molecule has 0 radical (unpaired) electrons. The van der Waals surface area contributed by atoms with Crippen LogP contribution in [0.5, 0.6) is 0 Å². The molecule has 128 valence electrons. The molecule has 0 amide bonds. The first-order chi connectivity index (χ1) is 10.9. The standard InChI is InChI=1S/C22H32.H3P/c1-3-5-7-9-13-19-17-18-20-14-11-12-16-22(20)21(19)15-10-8-6-4-2;/h11-12,14,16-18H,3-10,13,15H2,1-2H3;1H3. The van der Waals surface area contributed by atoms with Crippen LogP contribution in [0.25, 0.3) is 10.8 Å². The molecule has 0 fully saturated rings. The van der Waals surface area contributed by atoms with E-state index in [2.05, 4.69) is 50.2 Å². The molecule has 0 spiro atoms. The van der Waals surface area contributed by atoms with E-state index in [1.807, 2.05) is 0 Å². The van der Waals surface area contributed by atoms with Gasteiger partial charge in [0.15, 0.2) is 0 Å². The third kappa shape index (κ3) is 6.27. The summed E-state index contributed by atoms with van der Waals surface area (Å²) in [6.07, 6.45) is 13.3. The number of hydrogen-bond acceptors (Lipinski definition) is 0. The molecule has 0 N–H and O–H groups in total. The molecule has 23 heavy (non-hydrogen) atoms. The maximum Gasteiger partial charge on any atom is -0.0149 e. The van der Waals surface area contributed by atoms with Crippen LogP contribution < -0.4 is 0 Å². The summed E-state index contributed by atoms with van der Waals surface area (Å²) in [5.74, 6) is 0. The van der Waals surface area contributed by atoms with Gasteiger partial charge in [0.05, 0.1) is 0 Å². The molecule has 2 aromatic rings. The summed E-state index contributed by atoms with van der Waals surface area (Å²) in [5, 5.41) is 2.90. The quantitative estimate of drug-likeness (QED) is 0.321. The van der Waals surface area contributed by atoms with Crippen LogP contribution in [0.4, 0.5) is 0 Å². The van der Waals surface area contributed by atoms with Crippen molar-refractivity contribution in [2.24, 2.45) is 0 Å². The summed E-state index contributed by atoms with van der Waals surface area (Å²) < 4.78 is 0. The molecule has 0 bridgehead atoms. The minimum Gasteiger partial charge on any atom is -0.153 e. The van der Waals surface area contributed by atoms with Crippen molar-refractivity contribution in [3.05, 3.63) is 47.5 Å². The average molecular weight is 330 g/mol. The first-order valence-electron chi connectivity index (χ1n) is 9.36. The van der Waals surface area contributed by atoms with Gasteiger partial charge in [-0.1, -0.05) is 88.8 Å². The van der Waals surface area contributed by atoms with E-state index < -0.39 is 0 Å². The Labute approximate surface area is 146 Å². The topological polar surface area (TPSA) is 0 Å². The van der Waals surface area contributed by atoms with Crippen molar-refractivity contribution in [2.45, 2.75) is 78.1 Å². The normalized spacial score (nSPS) is 10.7. The summed E-state index contributed by atoms with van der Waals surface area (Å²) >= 11 is 0. The molecule has 2 aromatic carbocycles. The number of unbranched alkanes of at least 4 members (excludes halogenated alkanes) is 6. The number of benzene rings is 2. The Hall–Kier alpha value is -0.870. The molecule has 0 aliphatic heterocycles. The summed E-state index contributed by atoms with van der Waals surface area (Å²) in [6.45, 7) is 4.58. The van der Waals surface area contributed by atoms with Gasteiger partial charge in [-0.05, 0) is 47.6 Å². The lowest BCUT2D eigenvalue weighted by Crippen LogP contribution is -1.97. The molecule has 1 unspecified atom stereocenters. The molecule has 0 nitrogen and oxygen atoms in total. The Balaban J connectivity index is 0.00000264. The van der Waals surface area contributed by atoms with Crippen LogP contribution >= 0.6 is 9.90 Å². The fraction of sp³-hybridized carbons (Fsp3) is 0.545. The lowest BCUT2D eigenvalue weighted by Gasteiger charge is -2.13. The van der Waals surface area contributed by atoms with E-state index in [-0.39, 0.29) is 9.90 Å². The van der Waals surface area contributed by atoms with Gasteiger partial charge in [0.1, 0.15) is 0 Å². The van der Waals surface area contributed by atoms with Crippen molar-refractivity contribution < 1.29 is 0 Å². The SMILES string of the molecule is CCCCCCc1ccc2ccccc2c1CCCCCC.P. The highest BCUT2D eigenvalue weighted by molar-refractivity contribution is 6.92. The second kappa shape index (κ2) is 11.6. The molecule has 0 saturated heterocycles. The van der Waals surface area contributed by atoms with E-state index in [1.165, 1.54) is 75.0 Å². The zero-order valence-corrected chi connectivity index (χ0v) is 16.7. The summed E-state index contributed by atoms with van der Waals surface area (Å²) in [6, 6.07) is 13.6. The molecule has 0 heterocycles. The van der Waals surface area contributed by atoms with E-state index in [1.54, 1.807) is 11.1 Å². The van der Waals surface area contributed by atoms with E-state index in [0.717, 1.165) is 0 Å². The third-order valence-corrected chi connectivity index (χ3v) is 4.72. The van der Waals surface area contributed by atoms with Gasteiger partial charge in [-0.2, -0.15) is 9.90 Å². The first kappa shape index (κ1) is 20.2. The zero-order valence-electron chi connectivity index (χ0n) is 15.2. The van der Waals surface area contributed by atoms with Gasteiger partial charge in [0.2, 0.25) is 0 Å². The largest absolute Gasteiger partial charge is 0.153 e. The van der Waals surface area contributed by atoms with Crippen LogP contribution in [0.15, 0.2) is 36.4 Å². The molecule has 0 saturated carbocycles. The number of fused-ring (bicyclic) bond motifs is 1. The molecule has 0 aliphatic carbocycles. The van der Waals surface area contributed by atoms with Crippen LogP contribution in [0.3, 0.4) is 0 Å². The Kier molecular flexibility index (Phi) is 10.2. The lowest BCUT2D eigenvalue weighted by molar-refractivity contribution is 0.652. The monoisotopic (exact) mass is 330 g/mol. The highest BCUT2D eigenvalue weighted by atomic mass is 31.0. The Morgan fingerprint density at radius 2 is 1.30 bits per heavy atom. The lowest BCUT2D eigenvalue weighted by atomic mass is 9.92. The van der Waals surface area contributed by atoms with Crippen LogP contribution in [0.2, 0.25) is 0 Å². The van der Waals surface area contributed by atoms with E-state index in [0.29, 0.717) is 0 Å². The Bertz CT molecular complexity index is 559. The van der Waals surface area contributed by atoms with Crippen LogP contribution in [0, 0.1) is 0 Å². The summed E-state index contributed by atoms with van der Waals surface area (Å²) in [5.41, 5.74) is 3.23. The van der Waals surface area contributed by atoms with E-state index in [4.69, 9.17) is 0 Å². The van der Waals surface area contributed by atoms with Crippen LogP contribution in [-0.2, 0) is 12.8 Å². The van der Waals surface area contributed by atoms with Crippen LogP contribution in [-0.4, -0.2) is 0 Å². The van der Waals surface area contributed by atoms with Gasteiger partial charge >= 0.3 is 0 Å². The molecule has 0 aliphatic rings. The average Bonchev–Trinajstić information content (AvgIpc) is 2.56. The minimum atomic E-state index is 0. The minimum absolute atomic E-state index is 0. The first-order valence-corrected chi connectivity index (χ1v) is 9.36. The zero-order chi connectivity index (χ0) is 15.6. The fourth-order valence-electron chi connectivity index (χ4n) is 3.38. The van der Waals surface area contributed by atoms with Crippen molar-refractivity contribution in [1.82, 2.24) is 0 Å². The molecule has 1 heteroatoms. The van der Waals surface area contributed by atoms with Crippen molar-refractivity contribution in [1.29, 1.82) is 0 Å². The molecular formula is C22H35P. The van der Waals surface area contributed by atoms with Gasteiger partial charge in [-0.3, -0.25) is 0 Å². The maximum atomic E-state index is 2.39. The van der Waals surface area contributed by atoms with Crippen molar-refractivity contribution in [3.63, 3.8) is 0 Å². The highest BCUT2D eigenvalue weighted by Crippen LogP contribution is 2.26. The maximum absolute atomic E-state index is 2.39. The molecular weight excluding hydrogens is 295 g/mol. The Morgan fingerprint density at radius 1 is 0.652 bits per heavy atom. The van der Waals surface area contributed by atoms with Gasteiger partial charge in [0.25, 0.3) is 0 Å². The predicted molar refractivity (Wildman–Crippen MR) is 111 cm³/mol. The van der Waals surface area contributed by atoms with Gasteiger partial charge in [-0.15, -0.1) is 0 Å². The number of hydrogen-bond donors (Lipinski definition) is 0. The Morgan fingerprint density at radius 3 is 2.00 bits per heavy atom. The van der Waals surface area contributed by atoms with E-state index >= 15 is 0 Å². The third-order valence-electron chi connectivity index (χ3n) is 4.72. The highest BCUT2D eigenvalue weighted by Gasteiger charge is 2.07. The molecule has 0 aromatic heterocycles. The van der Waals surface area contributed by atoms with Crippen molar-refractivity contribution in [2.75, 3.05) is 0 Å². The second-order valence-corrected chi connectivity index (χ2v) is 6.55. The van der Waals surface area contributed by atoms with Crippen molar-refractivity contribution >= 4 is 20.7 Å². The summed E-state index contributed by atoms with van der Waals surface area (Å²) in [7, 11) is 0. The number of aryl methyl sites for hydroxylation is 2. The second-order valence-electron chi connectivity index (χ2n) is 6.55. The van der Waals surface area contributed by atoms with Crippen LogP contribution in [0.1, 0.15) is 76.3 Å². The van der Waals surface area contributed by atoms with E-state index in [9.17, 15) is 0 Å². The molecule has 1 atom stereocenters. The number of rotatable bonds is 10.